The molecule has 2 N–H and O–H groups in total. The van der Waals surface area contributed by atoms with E-state index in [9.17, 15) is 5.11 Å². The first-order valence-electron chi connectivity index (χ1n) is 5.10. The van der Waals surface area contributed by atoms with Crippen LogP contribution in [-0.4, -0.2) is 22.3 Å². The molecule has 4 nitrogen and oxygen atoms in total. The molecular weight excluding hydrogens is 238 g/mol. The third-order valence-corrected chi connectivity index (χ3v) is 3.65. The molecule has 0 atom stereocenters. The number of aryl methyl sites for hydroxylation is 1. The Hall–Kier alpha value is -1.59. The molecule has 2 aromatic rings. The van der Waals surface area contributed by atoms with Gasteiger partial charge in [-0.25, -0.2) is 4.98 Å². The minimum atomic E-state index is -0.00830. The van der Waals surface area contributed by atoms with Gasteiger partial charge >= 0.3 is 0 Å². The summed E-state index contributed by atoms with van der Waals surface area (Å²) in [5.41, 5.74) is 1.64. The Bertz CT molecular complexity index is 537. The molecule has 0 saturated heterocycles. The average molecular weight is 251 g/mol. The number of thiazole rings is 1. The molecule has 0 radical (unpaired) electrons. The van der Waals surface area contributed by atoms with Crippen molar-refractivity contribution in [3.63, 3.8) is 0 Å². The number of aromatic nitrogens is 1. The van der Waals surface area contributed by atoms with Gasteiger partial charge in [-0.15, -0.1) is 11.3 Å². The standard InChI is InChI=1S/C12H13NO3S/c1-7-11(6-14)17-12(13-7)8-3-4-10(16-2)9(15)5-8/h3-5,14-15H,6H2,1-2H3. The van der Waals surface area contributed by atoms with E-state index in [2.05, 4.69) is 4.98 Å². The lowest BCUT2D eigenvalue weighted by molar-refractivity contribution is 0.284. The molecule has 0 aliphatic carbocycles. The van der Waals surface area contributed by atoms with Crippen molar-refractivity contribution in [3.05, 3.63) is 28.8 Å². The Kier molecular flexibility index (Phi) is 3.31. The van der Waals surface area contributed by atoms with E-state index in [1.807, 2.05) is 13.0 Å². The van der Waals surface area contributed by atoms with Gasteiger partial charge in [-0.3, -0.25) is 0 Å². The topological polar surface area (TPSA) is 62.6 Å². The lowest BCUT2D eigenvalue weighted by Crippen LogP contribution is -1.84. The number of nitrogens with zero attached hydrogens (tertiary/aromatic N) is 1. The second-order valence-corrected chi connectivity index (χ2v) is 4.66. The molecule has 5 heteroatoms. The lowest BCUT2D eigenvalue weighted by atomic mass is 10.2. The monoisotopic (exact) mass is 251 g/mol. The van der Waals surface area contributed by atoms with E-state index in [4.69, 9.17) is 9.84 Å². The fourth-order valence-corrected chi connectivity index (χ4v) is 2.44. The third-order valence-electron chi connectivity index (χ3n) is 2.46. The molecule has 1 aromatic carbocycles. The summed E-state index contributed by atoms with van der Waals surface area (Å²) in [5.74, 6) is 0.521. The van der Waals surface area contributed by atoms with E-state index in [1.54, 1.807) is 12.1 Å². The third kappa shape index (κ3) is 2.25. The van der Waals surface area contributed by atoms with Crippen LogP contribution in [-0.2, 0) is 6.61 Å². The highest BCUT2D eigenvalue weighted by Crippen LogP contribution is 2.34. The van der Waals surface area contributed by atoms with Crippen molar-refractivity contribution in [3.8, 4) is 22.1 Å². The van der Waals surface area contributed by atoms with E-state index in [1.165, 1.54) is 18.4 Å². The van der Waals surface area contributed by atoms with Crippen LogP contribution in [0, 0.1) is 6.92 Å². The Morgan fingerprint density at radius 2 is 2.18 bits per heavy atom. The maximum absolute atomic E-state index is 9.69. The van der Waals surface area contributed by atoms with Gasteiger partial charge < -0.3 is 14.9 Å². The minimum Gasteiger partial charge on any atom is -0.504 e. The van der Waals surface area contributed by atoms with Gasteiger partial charge in [0.05, 0.1) is 24.3 Å². The van der Waals surface area contributed by atoms with Gasteiger partial charge in [0, 0.05) is 5.56 Å². The number of aromatic hydroxyl groups is 1. The van der Waals surface area contributed by atoms with Crippen LogP contribution in [0.25, 0.3) is 10.6 Å². The van der Waals surface area contributed by atoms with Crippen molar-refractivity contribution < 1.29 is 14.9 Å². The van der Waals surface area contributed by atoms with Crippen LogP contribution in [0.1, 0.15) is 10.6 Å². The Balaban J connectivity index is 2.42. The zero-order valence-electron chi connectivity index (χ0n) is 9.60. The molecule has 0 saturated carbocycles. The van der Waals surface area contributed by atoms with Crippen molar-refractivity contribution in [2.45, 2.75) is 13.5 Å². The SMILES string of the molecule is COc1ccc(-c2nc(C)c(CO)s2)cc1O. The molecule has 1 aromatic heterocycles. The van der Waals surface area contributed by atoms with Crippen LogP contribution in [0.15, 0.2) is 18.2 Å². The number of aliphatic hydroxyl groups is 1. The number of methoxy groups -OCH3 is 1. The van der Waals surface area contributed by atoms with E-state index in [0.717, 1.165) is 21.1 Å². The molecule has 0 unspecified atom stereocenters. The first-order chi connectivity index (χ1) is 8.15. The van der Waals surface area contributed by atoms with Crippen molar-refractivity contribution in [2.75, 3.05) is 7.11 Å². The average Bonchev–Trinajstić information content (AvgIpc) is 2.70. The molecule has 0 amide bonds. The highest BCUT2D eigenvalue weighted by Gasteiger charge is 2.10. The molecular formula is C12H13NO3S. The molecule has 0 fully saturated rings. The Morgan fingerprint density at radius 3 is 2.71 bits per heavy atom. The summed E-state index contributed by atoms with van der Waals surface area (Å²) >= 11 is 1.42. The molecule has 0 aliphatic heterocycles. The van der Waals surface area contributed by atoms with Crippen LogP contribution in [0.3, 0.4) is 0 Å². The highest BCUT2D eigenvalue weighted by atomic mass is 32.1. The quantitative estimate of drug-likeness (QED) is 0.878. The number of phenols is 1. The van der Waals surface area contributed by atoms with Gasteiger partial charge in [0.25, 0.3) is 0 Å². The van der Waals surface area contributed by atoms with Crippen molar-refractivity contribution in [2.24, 2.45) is 0 Å². The molecule has 2 rings (SSSR count). The number of hydrogen-bond acceptors (Lipinski definition) is 5. The van der Waals surface area contributed by atoms with Gasteiger partial charge in [0.2, 0.25) is 0 Å². The van der Waals surface area contributed by atoms with Gasteiger partial charge in [0.1, 0.15) is 5.01 Å². The number of rotatable bonds is 3. The first kappa shape index (κ1) is 11.9. The summed E-state index contributed by atoms with van der Waals surface area (Å²) in [5, 5.41) is 19.6. The molecule has 0 spiro atoms. The summed E-state index contributed by atoms with van der Waals surface area (Å²) in [4.78, 5) is 5.20. The number of hydrogen-bond donors (Lipinski definition) is 2. The molecule has 17 heavy (non-hydrogen) atoms. The fourth-order valence-electron chi connectivity index (χ4n) is 1.52. The van der Waals surface area contributed by atoms with Crippen LogP contribution in [0.2, 0.25) is 0 Å². The van der Waals surface area contributed by atoms with E-state index in [-0.39, 0.29) is 12.4 Å². The van der Waals surface area contributed by atoms with Gasteiger partial charge in [-0.05, 0) is 25.1 Å². The number of aliphatic hydroxyl groups excluding tert-OH is 1. The van der Waals surface area contributed by atoms with Gasteiger partial charge in [-0.1, -0.05) is 0 Å². The number of ether oxygens (including phenoxy) is 1. The van der Waals surface area contributed by atoms with Crippen LogP contribution in [0.5, 0.6) is 11.5 Å². The van der Waals surface area contributed by atoms with Gasteiger partial charge in [0.15, 0.2) is 11.5 Å². The van der Waals surface area contributed by atoms with E-state index in [0.29, 0.717) is 5.75 Å². The zero-order chi connectivity index (χ0) is 12.4. The van der Waals surface area contributed by atoms with E-state index < -0.39 is 0 Å². The molecule has 0 bridgehead atoms. The van der Waals surface area contributed by atoms with Crippen LogP contribution >= 0.6 is 11.3 Å². The highest BCUT2D eigenvalue weighted by molar-refractivity contribution is 7.15. The van der Waals surface area contributed by atoms with Crippen molar-refractivity contribution in [1.82, 2.24) is 4.98 Å². The predicted molar refractivity (Wildman–Crippen MR) is 66.4 cm³/mol. The zero-order valence-corrected chi connectivity index (χ0v) is 10.4. The van der Waals surface area contributed by atoms with Crippen molar-refractivity contribution in [1.29, 1.82) is 0 Å². The predicted octanol–water partition coefficient (Wildman–Crippen LogP) is 2.33. The minimum absolute atomic E-state index is 0.00830. The number of benzene rings is 1. The largest absolute Gasteiger partial charge is 0.504 e. The molecule has 0 aliphatic rings. The maximum atomic E-state index is 9.69. The second-order valence-electron chi connectivity index (χ2n) is 3.57. The first-order valence-corrected chi connectivity index (χ1v) is 5.92. The summed E-state index contributed by atoms with van der Waals surface area (Å²) in [6.07, 6.45) is 0. The smallest absolute Gasteiger partial charge is 0.160 e. The Morgan fingerprint density at radius 1 is 1.41 bits per heavy atom. The van der Waals surface area contributed by atoms with E-state index >= 15 is 0 Å². The lowest BCUT2D eigenvalue weighted by Gasteiger charge is -2.03. The van der Waals surface area contributed by atoms with Gasteiger partial charge in [-0.2, -0.15) is 0 Å². The molecule has 90 valence electrons. The maximum Gasteiger partial charge on any atom is 0.160 e. The molecule has 1 heterocycles. The Labute approximate surface area is 103 Å². The number of phenolic OH excluding ortho intramolecular Hbond substituents is 1. The fraction of sp³-hybridized carbons (Fsp3) is 0.250. The summed E-state index contributed by atoms with van der Waals surface area (Å²) in [6.45, 7) is 1.85. The second kappa shape index (κ2) is 4.73. The normalized spacial score (nSPS) is 10.5. The van der Waals surface area contributed by atoms with Crippen LogP contribution < -0.4 is 4.74 Å². The summed E-state index contributed by atoms with van der Waals surface area (Å²) in [6, 6.07) is 5.14. The summed E-state index contributed by atoms with van der Waals surface area (Å²) in [7, 11) is 1.51. The summed E-state index contributed by atoms with van der Waals surface area (Å²) < 4.78 is 4.98. The van der Waals surface area contributed by atoms with Crippen LogP contribution in [0.4, 0.5) is 0 Å². The van der Waals surface area contributed by atoms with Crippen molar-refractivity contribution >= 4 is 11.3 Å².